The molecule has 1 aliphatic rings. The average molecular weight is 208 g/mol. The van der Waals surface area contributed by atoms with Crippen molar-refractivity contribution in [3.8, 4) is 0 Å². The summed E-state index contributed by atoms with van der Waals surface area (Å²) >= 11 is 7.32. The molecule has 1 heterocycles. The van der Waals surface area contributed by atoms with Crippen molar-refractivity contribution < 1.29 is 4.79 Å². The Bertz CT molecular complexity index is 159. The SMILES string of the molecule is CN(CCCl)C(=O)C1CCCS1. The van der Waals surface area contributed by atoms with Gasteiger partial charge in [0.25, 0.3) is 0 Å². The lowest BCUT2D eigenvalue weighted by molar-refractivity contribution is -0.129. The zero-order valence-electron chi connectivity index (χ0n) is 7.25. The predicted molar refractivity (Wildman–Crippen MR) is 53.8 cm³/mol. The van der Waals surface area contributed by atoms with E-state index < -0.39 is 0 Å². The molecule has 1 saturated heterocycles. The van der Waals surface area contributed by atoms with Crippen LogP contribution in [0.5, 0.6) is 0 Å². The Balaban J connectivity index is 2.34. The molecule has 1 fully saturated rings. The second-order valence-electron chi connectivity index (χ2n) is 2.95. The van der Waals surface area contributed by atoms with Gasteiger partial charge in [0.05, 0.1) is 5.25 Å². The summed E-state index contributed by atoms with van der Waals surface area (Å²) in [4.78, 5) is 13.3. The molecule has 0 aromatic rings. The number of carbonyl (C=O) groups excluding carboxylic acids is 1. The first kappa shape index (κ1) is 10.2. The molecule has 0 saturated carbocycles. The van der Waals surface area contributed by atoms with Gasteiger partial charge in [-0.2, -0.15) is 0 Å². The Labute approximate surface area is 82.6 Å². The van der Waals surface area contributed by atoms with Crippen molar-refractivity contribution in [2.24, 2.45) is 0 Å². The van der Waals surface area contributed by atoms with Crippen LogP contribution in [0.15, 0.2) is 0 Å². The fourth-order valence-corrected chi connectivity index (χ4v) is 2.78. The summed E-state index contributed by atoms with van der Waals surface area (Å²) in [6.07, 6.45) is 2.21. The van der Waals surface area contributed by atoms with Gasteiger partial charge in [-0.3, -0.25) is 4.79 Å². The third-order valence-electron chi connectivity index (χ3n) is 2.00. The van der Waals surface area contributed by atoms with Crippen LogP contribution in [0.3, 0.4) is 0 Å². The van der Waals surface area contributed by atoms with Gasteiger partial charge in [-0.05, 0) is 18.6 Å². The summed E-state index contributed by atoms with van der Waals surface area (Å²) in [5.41, 5.74) is 0. The molecule has 0 aliphatic carbocycles. The smallest absolute Gasteiger partial charge is 0.235 e. The molecule has 2 nitrogen and oxygen atoms in total. The average Bonchev–Trinajstić information content (AvgIpc) is 2.55. The largest absolute Gasteiger partial charge is 0.344 e. The van der Waals surface area contributed by atoms with E-state index in [4.69, 9.17) is 11.6 Å². The maximum absolute atomic E-state index is 11.6. The maximum atomic E-state index is 11.6. The van der Waals surface area contributed by atoms with Gasteiger partial charge in [-0.15, -0.1) is 23.4 Å². The van der Waals surface area contributed by atoms with E-state index >= 15 is 0 Å². The summed E-state index contributed by atoms with van der Waals surface area (Å²) in [5.74, 6) is 1.91. The molecule has 0 spiro atoms. The number of amides is 1. The summed E-state index contributed by atoms with van der Waals surface area (Å²) in [7, 11) is 1.82. The number of carbonyl (C=O) groups is 1. The summed E-state index contributed by atoms with van der Waals surface area (Å²) in [6, 6.07) is 0. The molecule has 0 aromatic heterocycles. The van der Waals surface area contributed by atoms with Crippen LogP contribution in [-0.2, 0) is 4.79 Å². The standard InChI is InChI=1S/C8H14ClNOS/c1-10(5-4-9)8(11)7-3-2-6-12-7/h7H,2-6H2,1H3. The molecule has 1 atom stereocenters. The Kier molecular flexibility index (Phi) is 4.22. The quantitative estimate of drug-likeness (QED) is 0.655. The van der Waals surface area contributed by atoms with Gasteiger partial charge in [-0.1, -0.05) is 0 Å². The molecule has 12 heavy (non-hydrogen) atoms. The Morgan fingerprint density at radius 1 is 1.75 bits per heavy atom. The lowest BCUT2D eigenvalue weighted by atomic mass is 10.2. The molecule has 1 rings (SSSR count). The molecular weight excluding hydrogens is 194 g/mol. The topological polar surface area (TPSA) is 20.3 Å². The number of hydrogen-bond acceptors (Lipinski definition) is 2. The van der Waals surface area contributed by atoms with Crippen LogP contribution in [0.25, 0.3) is 0 Å². The molecule has 1 aliphatic heterocycles. The summed E-state index contributed by atoms with van der Waals surface area (Å²) in [6.45, 7) is 0.664. The molecule has 0 bridgehead atoms. The van der Waals surface area contributed by atoms with Crippen molar-refractivity contribution in [3.05, 3.63) is 0 Å². The molecule has 0 N–H and O–H groups in total. The minimum Gasteiger partial charge on any atom is -0.344 e. The van der Waals surface area contributed by atoms with Crippen LogP contribution < -0.4 is 0 Å². The first-order chi connectivity index (χ1) is 5.75. The van der Waals surface area contributed by atoms with Crippen LogP contribution in [0, 0.1) is 0 Å². The number of halogens is 1. The van der Waals surface area contributed by atoms with Crippen LogP contribution in [0.4, 0.5) is 0 Å². The summed E-state index contributed by atoms with van der Waals surface area (Å²) in [5, 5.41) is 0.207. The molecule has 1 amide bonds. The Hall–Kier alpha value is 0.110. The number of alkyl halides is 1. The van der Waals surface area contributed by atoms with E-state index in [2.05, 4.69) is 0 Å². The fourth-order valence-electron chi connectivity index (χ4n) is 1.26. The van der Waals surface area contributed by atoms with Crippen LogP contribution in [0.1, 0.15) is 12.8 Å². The lowest BCUT2D eigenvalue weighted by Crippen LogP contribution is -2.34. The lowest BCUT2D eigenvalue weighted by Gasteiger charge is -2.18. The van der Waals surface area contributed by atoms with Crippen molar-refractivity contribution in [2.45, 2.75) is 18.1 Å². The number of hydrogen-bond donors (Lipinski definition) is 0. The monoisotopic (exact) mass is 207 g/mol. The van der Waals surface area contributed by atoms with E-state index in [-0.39, 0.29) is 11.2 Å². The minimum absolute atomic E-state index is 0.207. The number of thioether (sulfide) groups is 1. The van der Waals surface area contributed by atoms with E-state index in [1.54, 1.807) is 16.7 Å². The molecular formula is C8H14ClNOS. The second kappa shape index (κ2) is 4.97. The normalized spacial score (nSPS) is 22.7. The Morgan fingerprint density at radius 2 is 2.50 bits per heavy atom. The van der Waals surface area contributed by atoms with E-state index in [0.717, 1.165) is 12.2 Å². The van der Waals surface area contributed by atoms with Crippen LogP contribution in [0.2, 0.25) is 0 Å². The minimum atomic E-state index is 0.207. The highest BCUT2D eigenvalue weighted by molar-refractivity contribution is 8.00. The van der Waals surface area contributed by atoms with Gasteiger partial charge in [0.15, 0.2) is 0 Å². The van der Waals surface area contributed by atoms with Gasteiger partial charge < -0.3 is 4.90 Å². The Morgan fingerprint density at radius 3 is 3.00 bits per heavy atom. The van der Waals surface area contributed by atoms with E-state index in [1.807, 2.05) is 7.05 Å². The van der Waals surface area contributed by atoms with Gasteiger partial charge in [0, 0.05) is 19.5 Å². The molecule has 1 unspecified atom stereocenters. The first-order valence-electron chi connectivity index (χ1n) is 4.18. The second-order valence-corrected chi connectivity index (χ2v) is 4.64. The van der Waals surface area contributed by atoms with Gasteiger partial charge >= 0.3 is 0 Å². The molecule has 70 valence electrons. The van der Waals surface area contributed by atoms with Crippen molar-refractivity contribution in [1.82, 2.24) is 4.90 Å². The molecule has 4 heteroatoms. The van der Waals surface area contributed by atoms with Crippen LogP contribution >= 0.6 is 23.4 Å². The van der Waals surface area contributed by atoms with E-state index in [1.165, 1.54) is 6.42 Å². The fraction of sp³-hybridized carbons (Fsp3) is 0.875. The molecule has 0 radical (unpaired) electrons. The zero-order valence-corrected chi connectivity index (χ0v) is 8.83. The van der Waals surface area contributed by atoms with Gasteiger partial charge in [-0.25, -0.2) is 0 Å². The van der Waals surface area contributed by atoms with Crippen LogP contribution in [-0.4, -0.2) is 41.3 Å². The highest BCUT2D eigenvalue weighted by Crippen LogP contribution is 2.27. The van der Waals surface area contributed by atoms with Crippen molar-refractivity contribution >= 4 is 29.3 Å². The predicted octanol–water partition coefficient (Wildman–Crippen LogP) is 1.58. The third-order valence-corrected chi connectivity index (χ3v) is 3.53. The van der Waals surface area contributed by atoms with Gasteiger partial charge in [0.2, 0.25) is 5.91 Å². The first-order valence-corrected chi connectivity index (χ1v) is 5.76. The van der Waals surface area contributed by atoms with E-state index in [9.17, 15) is 4.79 Å². The number of rotatable bonds is 3. The highest BCUT2D eigenvalue weighted by atomic mass is 35.5. The van der Waals surface area contributed by atoms with E-state index in [0.29, 0.717) is 12.4 Å². The number of nitrogens with zero attached hydrogens (tertiary/aromatic N) is 1. The molecule has 0 aromatic carbocycles. The summed E-state index contributed by atoms with van der Waals surface area (Å²) < 4.78 is 0. The van der Waals surface area contributed by atoms with Crippen molar-refractivity contribution in [3.63, 3.8) is 0 Å². The zero-order chi connectivity index (χ0) is 8.97. The van der Waals surface area contributed by atoms with Crippen molar-refractivity contribution in [2.75, 3.05) is 25.2 Å². The third kappa shape index (κ3) is 2.56. The van der Waals surface area contributed by atoms with Crippen molar-refractivity contribution in [1.29, 1.82) is 0 Å². The van der Waals surface area contributed by atoms with Gasteiger partial charge in [0.1, 0.15) is 0 Å². The highest BCUT2D eigenvalue weighted by Gasteiger charge is 2.25. The maximum Gasteiger partial charge on any atom is 0.235 e.